The molecule has 0 spiro atoms. The molecule has 0 fully saturated rings. The van der Waals surface area contributed by atoms with E-state index in [0.29, 0.717) is 6.54 Å². The average Bonchev–Trinajstić information content (AvgIpc) is 3.14. The fraction of sp³-hybridized carbons (Fsp3) is 0.292. The molecule has 144 valence electrons. The summed E-state index contributed by atoms with van der Waals surface area (Å²) >= 11 is 0. The fourth-order valence-corrected chi connectivity index (χ4v) is 4.14. The van der Waals surface area contributed by atoms with Crippen molar-refractivity contribution in [2.75, 3.05) is 13.1 Å². The zero-order valence-electron chi connectivity index (χ0n) is 16.6. The van der Waals surface area contributed by atoms with Gasteiger partial charge in [-0.15, -0.1) is 0 Å². The Hall–Kier alpha value is -2.85. The Balaban J connectivity index is 1.55. The van der Waals surface area contributed by atoms with Gasteiger partial charge in [0.05, 0.1) is 6.04 Å². The number of amides is 1. The van der Waals surface area contributed by atoms with E-state index >= 15 is 0 Å². The highest BCUT2D eigenvalue weighted by Gasteiger charge is 2.26. The lowest BCUT2D eigenvalue weighted by molar-refractivity contribution is 0.0925. The van der Waals surface area contributed by atoms with Crippen LogP contribution in [0.5, 0.6) is 0 Å². The lowest BCUT2D eigenvalue weighted by Crippen LogP contribution is -2.41. The van der Waals surface area contributed by atoms with Gasteiger partial charge in [-0.2, -0.15) is 0 Å². The second kappa shape index (κ2) is 8.03. The molecular weight excluding hydrogens is 346 g/mol. The van der Waals surface area contributed by atoms with Crippen LogP contribution in [0.1, 0.15) is 38.8 Å². The highest BCUT2D eigenvalue weighted by atomic mass is 16.1. The van der Waals surface area contributed by atoms with E-state index in [2.05, 4.69) is 64.4 Å². The Kier molecular flexibility index (Phi) is 5.31. The molecule has 0 saturated heterocycles. The molecule has 1 unspecified atom stereocenters. The summed E-state index contributed by atoms with van der Waals surface area (Å²) in [6.07, 6.45) is 3.12. The molecular formula is C24H27N3O. The molecule has 1 aliphatic heterocycles. The summed E-state index contributed by atoms with van der Waals surface area (Å²) in [7, 11) is 2.07. The smallest absolute Gasteiger partial charge is 0.251 e. The van der Waals surface area contributed by atoms with Crippen LogP contribution in [0.2, 0.25) is 0 Å². The zero-order chi connectivity index (χ0) is 19.5. The number of hydrogen-bond donors (Lipinski definition) is 1. The molecule has 0 bridgehead atoms. The molecule has 3 aromatic rings. The van der Waals surface area contributed by atoms with Crippen molar-refractivity contribution in [2.45, 2.75) is 25.9 Å². The van der Waals surface area contributed by atoms with E-state index in [1.54, 1.807) is 0 Å². The number of aryl methyl sites for hydroxylation is 2. The Morgan fingerprint density at radius 1 is 1.04 bits per heavy atom. The van der Waals surface area contributed by atoms with E-state index in [0.717, 1.165) is 30.6 Å². The molecule has 1 aromatic heterocycles. The minimum atomic E-state index is -0.00489. The number of nitrogens with zero attached hydrogens (tertiary/aromatic N) is 2. The molecule has 28 heavy (non-hydrogen) atoms. The maximum absolute atomic E-state index is 12.8. The standard InChI is InChI=1S/C24H27N3O/c1-18-8-3-6-11-21(18)24(28)25-16-23(22-12-7-14-26(22)2)27-15-13-19-9-4-5-10-20(19)17-27/h3-12,14,23H,13,15-17H2,1-2H3,(H,25,28). The van der Waals surface area contributed by atoms with E-state index < -0.39 is 0 Å². The molecule has 4 heteroatoms. The summed E-state index contributed by atoms with van der Waals surface area (Å²) in [5.41, 5.74) is 5.80. The lowest BCUT2D eigenvalue weighted by Gasteiger charge is -2.36. The van der Waals surface area contributed by atoms with E-state index in [9.17, 15) is 4.79 Å². The molecule has 1 amide bonds. The Morgan fingerprint density at radius 2 is 1.79 bits per heavy atom. The van der Waals surface area contributed by atoms with E-state index in [1.165, 1.54) is 16.8 Å². The first-order valence-corrected chi connectivity index (χ1v) is 9.89. The number of benzene rings is 2. The molecule has 1 aliphatic rings. The molecule has 4 rings (SSSR count). The van der Waals surface area contributed by atoms with Gasteiger partial charge in [-0.3, -0.25) is 9.69 Å². The van der Waals surface area contributed by atoms with Crippen LogP contribution < -0.4 is 5.32 Å². The van der Waals surface area contributed by atoms with Crippen LogP contribution in [0, 0.1) is 6.92 Å². The summed E-state index contributed by atoms with van der Waals surface area (Å²) in [5, 5.41) is 3.18. The highest BCUT2D eigenvalue weighted by Crippen LogP contribution is 2.27. The third kappa shape index (κ3) is 3.73. The van der Waals surface area contributed by atoms with Gasteiger partial charge in [0.15, 0.2) is 0 Å². The van der Waals surface area contributed by atoms with Crippen LogP contribution in [-0.2, 0) is 20.0 Å². The maximum Gasteiger partial charge on any atom is 0.251 e. The number of aromatic nitrogens is 1. The third-order valence-corrected chi connectivity index (χ3v) is 5.77. The Morgan fingerprint density at radius 3 is 2.54 bits per heavy atom. The van der Waals surface area contributed by atoms with Gasteiger partial charge < -0.3 is 9.88 Å². The topological polar surface area (TPSA) is 37.3 Å². The number of hydrogen-bond acceptors (Lipinski definition) is 2. The van der Waals surface area contributed by atoms with Gasteiger partial charge in [0.25, 0.3) is 5.91 Å². The maximum atomic E-state index is 12.8. The van der Waals surface area contributed by atoms with Crippen molar-refractivity contribution in [1.29, 1.82) is 0 Å². The molecule has 0 radical (unpaired) electrons. The number of carbonyl (C=O) groups excluding carboxylic acids is 1. The molecule has 1 N–H and O–H groups in total. The predicted molar refractivity (Wildman–Crippen MR) is 112 cm³/mol. The molecule has 2 heterocycles. The quantitative estimate of drug-likeness (QED) is 0.737. The van der Waals surface area contributed by atoms with Crippen molar-refractivity contribution in [1.82, 2.24) is 14.8 Å². The van der Waals surface area contributed by atoms with Crippen molar-refractivity contribution in [3.63, 3.8) is 0 Å². The normalized spacial score (nSPS) is 15.1. The van der Waals surface area contributed by atoms with Gasteiger partial charge in [0.2, 0.25) is 0 Å². The SMILES string of the molecule is Cc1ccccc1C(=O)NCC(c1cccn1C)N1CCc2ccccc2C1. The minimum absolute atomic E-state index is 0.00489. The third-order valence-electron chi connectivity index (χ3n) is 5.77. The van der Waals surface area contributed by atoms with Gasteiger partial charge in [0, 0.05) is 44.1 Å². The van der Waals surface area contributed by atoms with Gasteiger partial charge in [-0.05, 0) is 48.2 Å². The summed E-state index contributed by atoms with van der Waals surface area (Å²) in [6.45, 7) is 4.47. The summed E-state index contributed by atoms with van der Waals surface area (Å²) in [4.78, 5) is 15.3. The lowest BCUT2D eigenvalue weighted by atomic mass is 9.97. The summed E-state index contributed by atoms with van der Waals surface area (Å²) in [6, 6.07) is 20.8. The number of carbonyl (C=O) groups is 1. The second-order valence-electron chi connectivity index (χ2n) is 7.57. The van der Waals surface area contributed by atoms with E-state index in [-0.39, 0.29) is 11.9 Å². The molecule has 0 saturated carbocycles. The average molecular weight is 374 g/mol. The largest absolute Gasteiger partial charge is 0.353 e. The number of nitrogens with one attached hydrogen (secondary N) is 1. The van der Waals surface area contributed by atoms with Crippen molar-refractivity contribution in [3.05, 3.63) is 94.8 Å². The first-order chi connectivity index (χ1) is 13.6. The molecule has 4 nitrogen and oxygen atoms in total. The van der Waals surface area contributed by atoms with Gasteiger partial charge in [-0.1, -0.05) is 42.5 Å². The Labute approximate surface area is 166 Å². The minimum Gasteiger partial charge on any atom is -0.353 e. The first kappa shape index (κ1) is 18.5. The van der Waals surface area contributed by atoms with Crippen molar-refractivity contribution >= 4 is 5.91 Å². The second-order valence-corrected chi connectivity index (χ2v) is 7.57. The molecule has 2 aromatic carbocycles. The van der Waals surface area contributed by atoms with Gasteiger partial charge in [-0.25, -0.2) is 0 Å². The molecule has 1 atom stereocenters. The first-order valence-electron chi connectivity index (χ1n) is 9.89. The highest BCUT2D eigenvalue weighted by molar-refractivity contribution is 5.95. The number of fused-ring (bicyclic) bond motifs is 1. The van der Waals surface area contributed by atoms with E-state index in [4.69, 9.17) is 0 Å². The zero-order valence-corrected chi connectivity index (χ0v) is 16.6. The van der Waals surface area contributed by atoms with Crippen LogP contribution in [0.15, 0.2) is 66.9 Å². The van der Waals surface area contributed by atoms with Crippen molar-refractivity contribution in [3.8, 4) is 0 Å². The fourth-order valence-electron chi connectivity index (χ4n) is 4.14. The molecule has 0 aliphatic carbocycles. The van der Waals surface area contributed by atoms with Crippen molar-refractivity contribution in [2.24, 2.45) is 7.05 Å². The monoisotopic (exact) mass is 373 g/mol. The summed E-state index contributed by atoms with van der Waals surface area (Å²) < 4.78 is 2.16. The summed E-state index contributed by atoms with van der Waals surface area (Å²) in [5.74, 6) is -0.00489. The Bertz CT molecular complexity index is 975. The van der Waals surface area contributed by atoms with Gasteiger partial charge >= 0.3 is 0 Å². The predicted octanol–water partition coefficient (Wildman–Crippen LogP) is 3.86. The van der Waals surface area contributed by atoms with Gasteiger partial charge in [0.1, 0.15) is 0 Å². The van der Waals surface area contributed by atoms with Crippen molar-refractivity contribution < 1.29 is 4.79 Å². The van der Waals surface area contributed by atoms with Crippen LogP contribution in [-0.4, -0.2) is 28.5 Å². The van der Waals surface area contributed by atoms with Crippen LogP contribution in [0.4, 0.5) is 0 Å². The van der Waals surface area contributed by atoms with Crippen LogP contribution in [0.3, 0.4) is 0 Å². The van der Waals surface area contributed by atoms with Crippen LogP contribution >= 0.6 is 0 Å². The van der Waals surface area contributed by atoms with Crippen LogP contribution in [0.25, 0.3) is 0 Å². The number of rotatable bonds is 5. The van der Waals surface area contributed by atoms with E-state index in [1.807, 2.05) is 31.2 Å².